The maximum Gasteiger partial charge on any atom is 0.243 e. The van der Waals surface area contributed by atoms with Gasteiger partial charge in [-0.1, -0.05) is 6.07 Å². The Bertz CT molecular complexity index is 1090. The van der Waals surface area contributed by atoms with Crippen LogP contribution in [0.2, 0.25) is 0 Å². The lowest BCUT2D eigenvalue weighted by atomic mass is 10.1. The fourth-order valence-corrected chi connectivity index (χ4v) is 3.80. The van der Waals surface area contributed by atoms with E-state index in [2.05, 4.69) is 15.0 Å². The van der Waals surface area contributed by atoms with Crippen molar-refractivity contribution in [2.75, 3.05) is 14.2 Å². The van der Waals surface area contributed by atoms with Gasteiger partial charge in [-0.05, 0) is 37.3 Å². The van der Waals surface area contributed by atoms with Crippen LogP contribution >= 0.6 is 0 Å². The molecule has 2 heterocycles. The van der Waals surface area contributed by atoms with E-state index in [1.165, 1.54) is 26.3 Å². The van der Waals surface area contributed by atoms with Gasteiger partial charge in [-0.15, -0.1) is 0 Å². The van der Waals surface area contributed by atoms with Gasteiger partial charge in [-0.25, -0.2) is 22.8 Å². The molecule has 0 atom stereocenters. The molecule has 0 aliphatic rings. The number of nitrogens with zero attached hydrogens (tertiary/aromatic N) is 4. The second-order valence-corrected chi connectivity index (χ2v) is 8.09. The first-order valence-corrected chi connectivity index (χ1v) is 9.80. The van der Waals surface area contributed by atoms with E-state index in [4.69, 9.17) is 4.74 Å². The Morgan fingerprint density at radius 3 is 2.61 bits per heavy atom. The van der Waals surface area contributed by atoms with Crippen molar-refractivity contribution in [3.8, 4) is 17.0 Å². The second-order valence-electron chi connectivity index (χ2n) is 6.05. The van der Waals surface area contributed by atoms with Crippen LogP contribution < -0.4 is 4.74 Å². The average Bonchev–Trinajstić information content (AvgIpc) is 2.68. The molecule has 0 saturated heterocycles. The number of benzene rings is 1. The number of hydrogen-bond donors (Lipinski definition) is 0. The Kier molecular flexibility index (Phi) is 5.66. The van der Waals surface area contributed by atoms with Crippen LogP contribution in [0.5, 0.6) is 5.75 Å². The van der Waals surface area contributed by atoms with Gasteiger partial charge in [0.25, 0.3) is 0 Å². The Morgan fingerprint density at radius 1 is 1.18 bits per heavy atom. The quantitative estimate of drug-likeness (QED) is 0.630. The van der Waals surface area contributed by atoms with Crippen LogP contribution in [0.4, 0.5) is 4.39 Å². The lowest BCUT2D eigenvalue weighted by Gasteiger charge is -2.19. The molecule has 0 bridgehead atoms. The van der Waals surface area contributed by atoms with Gasteiger partial charge in [0.2, 0.25) is 10.0 Å². The number of aromatic nitrogens is 3. The maximum atomic E-state index is 14.0. The summed E-state index contributed by atoms with van der Waals surface area (Å²) in [4.78, 5) is 12.7. The number of halogens is 1. The summed E-state index contributed by atoms with van der Waals surface area (Å²) in [5.41, 5.74) is 1.78. The van der Waals surface area contributed by atoms with E-state index in [0.717, 1.165) is 10.4 Å². The zero-order valence-corrected chi connectivity index (χ0v) is 16.4. The largest absolute Gasteiger partial charge is 0.494 e. The third-order valence-electron chi connectivity index (χ3n) is 4.13. The van der Waals surface area contributed by atoms with E-state index in [1.54, 1.807) is 31.5 Å². The zero-order valence-electron chi connectivity index (χ0n) is 15.6. The number of ether oxygens (including phenoxy) is 1. The summed E-state index contributed by atoms with van der Waals surface area (Å²) in [5.74, 6) is -0.259. The van der Waals surface area contributed by atoms with Crippen molar-refractivity contribution in [2.24, 2.45) is 0 Å². The van der Waals surface area contributed by atoms with Crippen molar-refractivity contribution in [3.63, 3.8) is 0 Å². The first kappa shape index (κ1) is 19.8. The number of sulfonamides is 1. The monoisotopic (exact) mass is 402 g/mol. The average molecular weight is 402 g/mol. The van der Waals surface area contributed by atoms with Crippen molar-refractivity contribution >= 4 is 10.0 Å². The van der Waals surface area contributed by atoms with Crippen LogP contribution in [-0.4, -0.2) is 41.8 Å². The standard InChI is InChI=1S/C19H19FN4O3S/c1-13-22-11-15(17-6-4-5-9-21-17)18(23-13)12-24(2)28(25,26)14-7-8-19(27-3)16(20)10-14/h4-11H,12H2,1-3H3. The van der Waals surface area contributed by atoms with Crippen LogP contribution in [0.15, 0.2) is 53.7 Å². The molecule has 0 spiro atoms. The molecule has 0 unspecified atom stereocenters. The molecule has 0 saturated carbocycles. The molecule has 0 radical (unpaired) electrons. The molecule has 0 fully saturated rings. The number of pyridine rings is 1. The molecule has 28 heavy (non-hydrogen) atoms. The molecular formula is C19H19FN4O3S. The van der Waals surface area contributed by atoms with Crippen LogP contribution in [0.25, 0.3) is 11.3 Å². The van der Waals surface area contributed by atoms with Gasteiger partial charge in [0.1, 0.15) is 5.82 Å². The summed E-state index contributed by atoms with van der Waals surface area (Å²) in [6.07, 6.45) is 3.26. The van der Waals surface area contributed by atoms with E-state index < -0.39 is 15.8 Å². The number of aryl methyl sites for hydroxylation is 1. The highest BCUT2D eigenvalue weighted by atomic mass is 32.2. The number of methoxy groups -OCH3 is 1. The Balaban J connectivity index is 1.95. The predicted molar refractivity (Wildman–Crippen MR) is 102 cm³/mol. The fraction of sp³-hybridized carbons (Fsp3) is 0.211. The van der Waals surface area contributed by atoms with Gasteiger partial charge in [0.15, 0.2) is 11.6 Å². The molecule has 9 heteroatoms. The summed E-state index contributed by atoms with van der Waals surface area (Å²) in [7, 11) is -1.21. The Hall–Kier alpha value is -2.91. The van der Waals surface area contributed by atoms with E-state index in [0.29, 0.717) is 22.8 Å². The molecule has 2 aromatic heterocycles. The molecule has 146 valence electrons. The third-order valence-corrected chi connectivity index (χ3v) is 5.93. The van der Waals surface area contributed by atoms with Crippen molar-refractivity contribution in [3.05, 3.63) is 66.1 Å². The summed E-state index contributed by atoms with van der Waals surface area (Å²) in [5, 5.41) is 0. The van der Waals surface area contributed by atoms with E-state index in [-0.39, 0.29) is 17.2 Å². The smallest absolute Gasteiger partial charge is 0.243 e. The molecule has 0 aliphatic carbocycles. The van der Waals surface area contributed by atoms with Crippen molar-refractivity contribution in [2.45, 2.75) is 18.4 Å². The fourth-order valence-electron chi connectivity index (χ4n) is 2.66. The topological polar surface area (TPSA) is 85.3 Å². The SMILES string of the molecule is COc1ccc(S(=O)(=O)N(C)Cc2nc(C)ncc2-c2ccccn2)cc1F. The van der Waals surface area contributed by atoms with Crippen molar-refractivity contribution in [1.82, 2.24) is 19.3 Å². The molecule has 0 amide bonds. The van der Waals surface area contributed by atoms with E-state index in [9.17, 15) is 12.8 Å². The highest BCUT2D eigenvalue weighted by molar-refractivity contribution is 7.89. The summed E-state index contributed by atoms with van der Waals surface area (Å²) >= 11 is 0. The maximum absolute atomic E-state index is 14.0. The van der Waals surface area contributed by atoms with Crippen LogP contribution in [-0.2, 0) is 16.6 Å². The van der Waals surface area contributed by atoms with Gasteiger partial charge in [-0.3, -0.25) is 4.98 Å². The molecule has 7 nitrogen and oxygen atoms in total. The lowest BCUT2D eigenvalue weighted by Crippen LogP contribution is -2.27. The Labute approximate surface area is 162 Å². The predicted octanol–water partition coefficient (Wildman–Crippen LogP) is 2.82. The normalized spacial score (nSPS) is 11.6. The first-order chi connectivity index (χ1) is 13.3. The minimum absolute atomic E-state index is 0.0226. The Morgan fingerprint density at radius 2 is 1.96 bits per heavy atom. The third kappa shape index (κ3) is 4.00. The van der Waals surface area contributed by atoms with Crippen LogP contribution in [0.3, 0.4) is 0 Å². The lowest BCUT2D eigenvalue weighted by molar-refractivity contribution is 0.385. The van der Waals surface area contributed by atoms with Gasteiger partial charge in [0.05, 0.1) is 29.9 Å². The van der Waals surface area contributed by atoms with Crippen LogP contribution in [0, 0.1) is 12.7 Å². The summed E-state index contributed by atoms with van der Waals surface area (Å²) in [6, 6.07) is 8.93. The number of hydrogen-bond acceptors (Lipinski definition) is 6. The second kappa shape index (κ2) is 7.99. The summed E-state index contributed by atoms with van der Waals surface area (Å²) < 4.78 is 45.7. The number of rotatable bonds is 6. The highest BCUT2D eigenvalue weighted by Crippen LogP contribution is 2.25. The molecule has 3 aromatic rings. The van der Waals surface area contributed by atoms with E-state index >= 15 is 0 Å². The minimum atomic E-state index is -3.94. The van der Waals surface area contributed by atoms with Crippen molar-refractivity contribution in [1.29, 1.82) is 0 Å². The molecule has 1 aromatic carbocycles. The van der Waals surface area contributed by atoms with Gasteiger partial charge < -0.3 is 4.74 Å². The zero-order chi connectivity index (χ0) is 20.3. The van der Waals surface area contributed by atoms with Crippen LogP contribution in [0.1, 0.15) is 11.5 Å². The molecule has 3 rings (SSSR count). The summed E-state index contributed by atoms with van der Waals surface area (Å²) in [6.45, 7) is 1.70. The van der Waals surface area contributed by atoms with Gasteiger partial charge in [-0.2, -0.15) is 4.31 Å². The first-order valence-electron chi connectivity index (χ1n) is 8.36. The minimum Gasteiger partial charge on any atom is -0.494 e. The van der Waals surface area contributed by atoms with Gasteiger partial charge >= 0.3 is 0 Å². The molecular weight excluding hydrogens is 383 g/mol. The molecule has 0 aliphatic heterocycles. The molecule has 0 N–H and O–H groups in total. The highest BCUT2D eigenvalue weighted by Gasteiger charge is 2.24. The van der Waals surface area contributed by atoms with Gasteiger partial charge in [0, 0.05) is 25.0 Å². The van der Waals surface area contributed by atoms with E-state index in [1.807, 2.05) is 6.07 Å². The van der Waals surface area contributed by atoms with Crippen molar-refractivity contribution < 1.29 is 17.5 Å².